The molecule has 0 saturated heterocycles. The van der Waals surface area contributed by atoms with Gasteiger partial charge >= 0.3 is 0 Å². The number of rotatable bonds is 3. The average molecular weight is 268 g/mol. The Kier molecular flexibility index (Phi) is 4.09. The molecule has 0 bridgehead atoms. The normalized spacial score (nSPS) is 21.7. The smallest absolute Gasteiger partial charge is 0.123 e. The molecule has 102 valence electrons. The van der Waals surface area contributed by atoms with E-state index in [-0.39, 0.29) is 17.6 Å². The number of hydrogen-bond acceptors (Lipinski definition) is 4. The minimum Gasteiger partial charge on any atom is -0.371 e. The van der Waals surface area contributed by atoms with E-state index < -0.39 is 0 Å². The number of aromatic nitrogens is 1. The fraction of sp³-hybridized carbons (Fsp3) is 0.786. The maximum Gasteiger partial charge on any atom is 0.123 e. The molecule has 18 heavy (non-hydrogen) atoms. The van der Waals surface area contributed by atoms with Crippen LogP contribution in [-0.4, -0.2) is 11.6 Å². The lowest BCUT2D eigenvalue weighted by atomic mass is 9.89. The summed E-state index contributed by atoms with van der Waals surface area (Å²) in [7, 11) is 0. The molecule has 1 heterocycles. The zero-order chi connectivity index (χ0) is 13.3. The molecule has 2 unspecified atom stereocenters. The number of fused-ring (bicyclic) bond motifs is 1. The van der Waals surface area contributed by atoms with E-state index in [0.717, 1.165) is 30.9 Å². The molecule has 1 aliphatic carbocycles. The van der Waals surface area contributed by atoms with Crippen LogP contribution in [0.2, 0.25) is 0 Å². The highest BCUT2D eigenvalue weighted by Crippen LogP contribution is 2.41. The lowest BCUT2D eigenvalue weighted by molar-refractivity contribution is -0.0134. The van der Waals surface area contributed by atoms with Crippen molar-refractivity contribution in [1.29, 1.82) is 0 Å². The fourth-order valence-corrected chi connectivity index (χ4v) is 3.89. The summed E-state index contributed by atoms with van der Waals surface area (Å²) < 4.78 is 5.91. The Labute approximate surface area is 114 Å². The highest BCUT2D eigenvalue weighted by Gasteiger charge is 2.32. The summed E-state index contributed by atoms with van der Waals surface area (Å²) >= 11 is 1.76. The van der Waals surface area contributed by atoms with Gasteiger partial charge in [0, 0.05) is 17.5 Å². The monoisotopic (exact) mass is 268 g/mol. The molecule has 0 radical (unpaired) electrons. The van der Waals surface area contributed by atoms with Crippen LogP contribution in [0.25, 0.3) is 0 Å². The van der Waals surface area contributed by atoms with Gasteiger partial charge in [-0.1, -0.05) is 20.8 Å². The van der Waals surface area contributed by atoms with Gasteiger partial charge in [-0.25, -0.2) is 4.98 Å². The first-order valence-electron chi connectivity index (χ1n) is 6.80. The van der Waals surface area contributed by atoms with Crippen molar-refractivity contribution in [2.45, 2.75) is 59.1 Å². The first-order chi connectivity index (χ1) is 8.43. The third-order valence-corrected chi connectivity index (χ3v) is 4.63. The summed E-state index contributed by atoms with van der Waals surface area (Å²) in [6.45, 7) is 9.37. The third-order valence-electron chi connectivity index (χ3n) is 3.35. The maximum atomic E-state index is 6.17. The van der Waals surface area contributed by atoms with Gasteiger partial charge in [-0.15, -0.1) is 11.3 Å². The molecular formula is C14H24N2OS. The van der Waals surface area contributed by atoms with Crippen LogP contribution < -0.4 is 5.73 Å². The molecule has 0 saturated carbocycles. The Hall–Kier alpha value is -0.450. The van der Waals surface area contributed by atoms with Crippen LogP contribution in [0.4, 0.5) is 0 Å². The van der Waals surface area contributed by atoms with Gasteiger partial charge in [-0.3, -0.25) is 0 Å². The lowest BCUT2D eigenvalue weighted by Gasteiger charge is -2.28. The summed E-state index contributed by atoms with van der Waals surface area (Å²) in [5.74, 6) is 0. The van der Waals surface area contributed by atoms with E-state index in [0.29, 0.717) is 0 Å². The summed E-state index contributed by atoms with van der Waals surface area (Å²) in [6.07, 6.45) is 3.39. The molecule has 0 amide bonds. The molecule has 2 N–H and O–H groups in total. The Morgan fingerprint density at radius 3 is 2.78 bits per heavy atom. The number of nitrogens with zero attached hydrogens (tertiary/aromatic N) is 1. The molecule has 2 atom stereocenters. The molecule has 1 aliphatic rings. The van der Waals surface area contributed by atoms with Gasteiger partial charge in [0.2, 0.25) is 0 Å². The number of aryl methyl sites for hydroxylation is 1. The quantitative estimate of drug-likeness (QED) is 0.911. The Morgan fingerprint density at radius 2 is 2.22 bits per heavy atom. The fourth-order valence-electron chi connectivity index (χ4n) is 2.44. The highest BCUT2D eigenvalue weighted by molar-refractivity contribution is 7.11. The molecule has 4 heteroatoms. The van der Waals surface area contributed by atoms with Gasteiger partial charge in [0.05, 0.1) is 5.69 Å². The molecule has 1 aromatic heterocycles. The van der Waals surface area contributed by atoms with Gasteiger partial charge in [0.1, 0.15) is 11.1 Å². The second-order valence-electron chi connectivity index (χ2n) is 6.06. The molecule has 0 spiro atoms. The van der Waals surface area contributed by atoms with Crippen molar-refractivity contribution in [1.82, 2.24) is 4.98 Å². The van der Waals surface area contributed by atoms with Crippen molar-refractivity contribution < 1.29 is 4.74 Å². The highest BCUT2D eigenvalue weighted by atomic mass is 32.1. The predicted octanol–water partition coefficient (Wildman–Crippen LogP) is 3.60. The van der Waals surface area contributed by atoms with Crippen molar-refractivity contribution in [3.63, 3.8) is 0 Å². The van der Waals surface area contributed by atoms with Gasteiger partial charge < -0.3 is 10.5 Å². The zero-order valence-electron chi connectivity index (χ0n) is 11.8. The third kappa shape index (κ3) is 2.76. The predicted molar refractivity (Wildman–Crippen MR) is 75.8 cm³/mol. The summed E-state index contributed by atoms with van der Waals surface area (Å²) in [6, 6.07) is 0.183. The van der Waals surface area contributed by atoms with Crippen LogP contribution in [0.5, 0.6) is 0 Å². The Balaban J connectivity index is 2.32. The molecule has 3 nitrogen and oxygen atoms in total. The lowest BCUT2D eigenvalue weighted by Crippen LogP contribution is -2.21. The van der Waals surface area contributed by atoms with E-state index in [9.17, 15) is 0 Å². The summed E-state index contributed by atoms with van der Waals surface area (Å²) in [4.78, 5) is 6.08. The van der Waals surface area contributed by atoms with Crippen molar-refractivity contribution in [2.75, 3.05) is 6.61 Å². The van der Waals surface area contributed by atoms with Gasteiger partial charge in [-0.05, 0) is 31.6 Å². The van der Waals surface area contributed by atoms with Crippen LogP contribution >= 0.6 is 11.3 Å². The second kappa shape index (κ2) is 5.27. The largest absolute Gasteiger partial charge is 0.371 e. The Morgan fingerprint density at radius 1 is 1.50 bits per heavy atom. The molecule has 0 aliphatic heterocycles. The van der Waals surface area contributed by atoms with Crippen molar-refractivity contribution in [3.8, 4) is 0 Å². The molecule has 0 fully saturated rings. The number of thiazole rings is 1. The van der Waals surface area contributed by atoms with Crippen LogP contribution in [-0.2, 0) is 11.2 Å². The number of ether oxygens (including phenoxy) is 1. The minimum atomic E-state index is 0.0700. The average Bonchev–Trinajstić information content (AvgIpc) is 2.69. The van der Waals surface area contributed by atoms with Crippen LogP contribution in [0.1, 0.15) is 68.3 Å². The summed E-state index contributed by atoms with van der Waals surface area (Å²) in [5.41, 5.74) is 7.45. The minimum absolute atomic E-state index is 0.0700. The van der Waals surface area contributed by atoms with Gasteiger partial charge in [-0.2, -0.15) is 0 Å². The zero-order valence-corrected chi connectivity index (χ0v) is 12.6. The van der Waals surface area contributed by atoms with Crippen LogP contribution in [0, 0.1) is 5.41 Å². The molecule has 0 aromatic carbocycles. The second-order valence-corrected chi connectivity index (χ2v) is 7.13. The Bertz CT molecular complexity index is 408. The number of hydrogen-bond donors (Lipinski definition) is 1. The van der Waals surface area contributed by atoms with Crippen LogP contribution in [0.3, 0.4) is 0 Å². The first-order valence-corrected chi connectivity index (χ1v) is 7.61. The van der Waals surface area contributed by atoms with E-state index in [2.05, 4.69) is 20.8 Å². The van der Waals surface area contributed by atoms with Crippen molar-refractivity contribution in [2.24, 2.45) is 11.1 Å². The van der Waals surface area contributed by atoms with E-state index >= 15 is 0 Å². The summed E-state index contributed by atoms with van der Waals surface area (Å²) in [5, 5.41) is 1.10. The van der Waals surface area contributed by atoms with E-state index in [1.54, 1.807) is 11.3 Å². The number of nitrogens with two attached hydrogens (primary N) is 1. The van der Waals surface area contributed by atoms with E-state index in [4.69, 9.17) is 15.5 Å². The van der Waals surface area contributed by atoms with Gasteiger partial charge in [0.25, 0.3) is 0 Å². The standard InChI is InChI=1S/C14H24N2OS/c1-5-17-12(14(2,3)4)13-16-10-8-6-7-9(15)11(10)18-13/h9,12H,5-8,15H2,1-4H3. The first kappa shape index (κ1) is 14.0. The van der Waals surface area contributed by atoms with E-state index in [1.165, 1.54) is 10.6 Å². The van der Waals surface area contributed by atoms with Crippen molar-refractivity contribution >= 4 is 11.3 Å². The molecule has 2 rings (SSSR count). The van der Waals surface area contributed by atoms with E-state index in [1.807, 2.05) is 6.92 Å². The molecule has 1 aromatic rings. The SMILES string of the molecule is CCOC(c1nc2c(s1)C(N)CCC2)C(C)(C)C. The van der Waals surface area contributed by atoms with Crippen LogP contribution in [0.15, 0.2) is 0 Å². The van der Waals surface area contributed by atoms with Crippen molar-refractivity contribution in [3.05, 3.63) is 15.6 Å². The molecular weight excluding hydrogens is 244 g/mol. The maximum absolute atomic E-state index is 6.17. The topological polar surface area (TPSA) is 48.1 Å². The van der Waals surface area contributed by atoms with Gasteiger partial charge in [0.15, 0.2) is 0 Å².